The van der Waals surface area contributed by atoms with Crippen molar-refractivity contribution in [2.45, 2.75) is 12.8 Å². The first-order chi connectivity index (χ1) is 5.11. The van der Waals surface area contributed by atoms with Gasteiger partial charge in [-0.3, -0.25) is 0 Å². The molecule has 1 aliphatic rings. The van der Waals surface area contributed by atoms with Crippen LogP contribution in [0.1, 0.15) is 12.8 Å². The second kappa shape index (κ2) is 2.74. The van der Waals surface area contributed by atoms with Crippen molar-refractivity contribution in [2.24, 2.45) is 5.92 Å². The largest absolute Gasteiger partial charge is 0.477 e. The van der Waals surface area contributed by atoms with Gasteiger partial charge in [-0.15, -0.1) is 0 Å². The Balaban J connectivity index is 2.72. The van der Waals surface area contributed by atoms with Crippen molar-refractivity contribution in [3.05, 3.63) is 11.6 Å². The number of carboxylic acid groups (broad SMARTS) is 2. The lowest BCUT2D eigenvalue weighted by atomic mass is 10.2. The number of hydrogen-bond donors (Lipinski definition) is 2. The molecule has 1 fully saturated rings. The van der Waals surface area contributed by atoms with Crippen LogP contribution in [-0.4, -0.2) is 22.2 Å². The van der Waals surface area contributed by atoms with Gasteiger partial charge < -0.3 is 10.2 Å². The van der Waals surface area contributed by atoms with Crippen LogP contribution in [0.15, 0.2) is 11.6 Å². The Labute approximate surface area is 63.1 Å². The summed E-state index contributed by atoms with van der Waals surface area (Å²) in [5.41, 5.74) is -0.507. The lowest BCUT2D eigenvalue weighted by Crippen LogP contribution is -2.11. The zero-order chi connectivity index (χ0) is 8.43. The van der Waals surface area contributed by atoms with Crippen molar-refractivity contribution in [3.8, 4) is 0 Å². The molecule has 0 radical (unpaired) electrons. The van der Waals surface area contributed by atoms with Crippen molar-refractivity contribution in [3.63, 3.8) is 0 Å². The van der Waals surface area contributed by atoms with Gasteiger partial charge in [0.2, 0.25) is 0 Å². The van der Waals surface area contributed by atoms with E-state index in [9.17, 15) is 9.59 Å². The molecule has 0 aromatic heterocycles. The Morgan fingerprint density at radius 1 is 1.18 bits per heavy atom. The molecule has 0 amide bonds. The maximum atomic E-state index is 10.3. The van der Waals surface area contributed by atoms with Crippen LogP contribution in [0, 0.1) is 5.92 Å². The Bertz CT molecular complexity index is 209. The predicted octanol–water partition coefficient (Wildman–Crippen LogP) is 0.492. The number of carboxylic acids is 2. The third kappa shape index (κ3) is 2.07. The summed E-state index contributed by atoms with van der Waals surface area (Å²) in [6.07, 6.45) is 3.12. The van der Waals surface area contributed by atoms with Crippen molar-refractivity contribution >= 4 is 11.9 Å². The summed E-state index contributed by atoms with van der Waals surface area (Å²) in [5, 5.41) is 16.7. The van der Waals surface area contributed by atoms with Crippen LogP contribution in [0.4, 0.5) is 0 Å². The van der Waals surface area contributed by atoms with E-state index in [2.05, 4.69) is 0 Å². The highest BCUT2D eigenvalue weighted by atomic mass is 16.4. The molecule has 0 aromatic carbocycles. The smallest absolute Gasteiger partial charge is 0.342 e. The van der Waals surface area contributed by atoms with Gasteiger partial charge in [-0.2, -0.15) is 0 Å². The van der Waals surface area contributed by atoms with Gasteiger partial charge in [-0.1, -0.05) is 6.08 Å². The molecule has 1 rings (SSSR count). The second-order valence-electron chi connectivity index (χ2n) is 2.53. The highest BCUT2D eigenvalue weighted by molar-refractivity contribution is 6.12. The summed E-state index contributed by atoms with van der Waals surface area (Å²) >= 11 is 0. The SMILES string of the molecule is O=C(O)C(=CC1CC1)C(=O)O. The average Bonchev–Trinajstić information content (AvgIpc) is 2.63. The quantitative estimate of drug-likeness (QED) is 0.354. The Morgan fingerprint density at radius 3 is 1.91 bits per heavy atom. The summed E-state index contributed by atoms with van der Waals surface area (Å²) in [7, 11) is 0. The van der Waals surface area contributed by atoms with Crippen LogP contribution < -0.4 is 0 Å². The number of carbonyl (C=O) groups is 2. The number of aliphatic carboxylic acids is 2. The first kappa shape index (κ1) is 7.78. The molecule has 11 heavy (non-hydrogen) atoms. The van der Waals surface area contributed by atoms with E-state index in [1.165, 1.54) is 6.08 Å². The lowest BCUT2D eigenvalue weighted by molar-refractivity contribution is -0.140. The van der Waals surface area contributed by atoms with Gasteiger partial charge in [0, 0.05) is 0 Å². The van der Waals surface area contributed by atoms with Gasteiger partial charge in [-0.05, 0) is 18.8 Å². The van der Waals surface area contributed by atoms with Crippen LogP contribution in [-0.2, 0) is 9.59 Å². The van der Waals surface area contributed by atoms with Crippen molar-refractivity contribution in [2.75, 3.05) is 0 Å². The predicted molar refractivity (Wildman–Crippen MR) is 36.1 cm³/mol. The minimum atomic E-state index is -1.36. The summed E-state index contributed by atoms with van der Waals surface area (Å²) in [4.78, 5) is 20.5. The summed E-state index contributed by atoms with van der Waals surface area (Å²) in [6.45, 7) is 0. The zero-order valence-electron chi connectivity index (χ0n) is 5.78. The van der Waals surface area contributed by atoms with Gasteiger partial charge in [-0.25, -0.2) is 9.59 Å². The fourth-order valence-electron chi connectivity index (χ4n) is 0.733. The highest BCUT2D eigenvalue weighted by Gasteiger charge is 2.24. The molecule has 2 N–H and O–H groups in total. The molecule has 4 nitrogen and oxygen atoms in total. The van der Waals surface area contributed by atoms with Crippen LogP contribution in [0.2, 0.25) is 0 Å². The van der Waals surface area contributed by atoms with E-state index in [1.807, 2.05) is 0 Å². The van der Waals surface area contributed by atoms with E-state index in [0.29, 0.717) is 0 Å². The van der Waals surface area contributed by atoms with Crippen LogP contribution in [0.25, 0.3) is 0 Å². The molecule has 1 aliphatic carbocycles. The fourth-order valence-corrected chi connectivity index (χ4v) is 0.733. The monoisotopic (exact) mass is 156 g/mol. The zero-order valence-corrected chi connectivity index (χ0v) is 5.78. The number of hydrogen-bond acceptors (Lipinski definition) is 2. The highest BCUT2D eigenvalue weighted by Crippen LogP contribution is 2.31. The van der Waals surface area contributed by atoms with E-state index in [-0.39, 0.29) is 5.92 Å². The second-order valence-corrected chi connectivity index (χ2v) is 2.53. The molecule has 0 heterocycles. The molecule has 0 aromatic rings. The third-order valence-electron chi connectivity index (χ3n) is 1.49. The number of rotatable bonds is 3. The molecular formula is C7H8O4. The van der Waals surface area contributed by atoms with Crippen molar-refractivity contribution in [1.82, 2.24) is 0 Å². The van der Waals surface area contributed by atoms with E-state index in [0.717, 1.165) is 12.8 Å². The summed E-state index contributed by atoms with van der Waals surface area (Å²) in [5.74, 6) is -2.54. The molecule has 0 spiro atoms. The molecule has 4 heteroatoms. The van der Waals surface area contributed by atoms with Crippen molar-refractivity contribution < 1.29 is 19.8 Å². The van der Waals surface area contributed by atoms with Gasteiger partial charge in [0.05, 0.1) is 0 Å². The molecule has 0 unspecified atom stereocenters. The van der Waals surface area contributed by atoms with Gasteiger partial charge >= 0.3 is 11.9 Å². The van der Waals surface area contributed by atoms with Crippen molar-refractivity contribution in [1.29, 1.82) is 0 Å². The topological polar surface area (TPSA) is 74.6 Å². The Morgan fingerprint density at radius 2 is 1.64 bits per heavy atom. The maximum Gasteiger partial charge on any atom is 0.342 e. The normalized spacial score (nSPS) is 15.6. The molecule has 60 valence electrons. The van der Waals surface area contributed by atoms with E-state index in [4.69, 9.17) is 10.2 Å². The van der Waals surface area contributed by atoms with Crippen LogP contribution in [0.3, 0.4) is 0 Å². The number of allylic oxidation sites excluding steroid dienone is 1. The molecule has 1 saturated carbocycles. The maximum absolute atomic E-state index is 10.3. The van der Waals surface area contributed by atoms with Gasteiger partial charge in [0.15, 0.2) is 0 Å². The minimum absolute atomic E-state index is 0.178. The molecular weight excluding hydrogens is 148 g/mol. The minimum Gasteiger partial charge on any atom is -0.477 e. The fraction of sp³-hybridized carbons (Fsp3) is 0.429. The molecule has 0 atom stereocenters. The lowest BCUT2D eigenvalue weighted by Gasteiger charge is -1.92. The summed E-state index contributed by atoms with van der Waals surface area (Å²) in [6, 6.07) is 0. The third-order valence-corrected chi connectivity index (χ3v) is 1.49. The molecule has 0 saturated heterocycles. The first-order valence-corrected chi connectivity index (χ1v) is 3.29. The summed E-state index contributed by atoms with van der Waals surface area (Å²) < 4.78 is 0. The van der Waals surface area contributed by atoms with Crippen LogP contribution >= 0.6 is 0 Å². The van der Waals surface area contributed by atoms with Gasteiger partial charge in [0.25, 0.3) is 0 Å². The Kier molecular flexibility index (Phi) is 1.94. The van der Waals surface area contributed by atoms with Gasteiger partial charge in [0.1, 0.15) is 5.57 Å². The Hall–Kier alpha value is -1.32. The van der Waals surface area contributed by atoms with E-state index in [1.54, 1.807) is 0 Å². The van der Waals surface area contributed by atoms with Crippen LogP contribution in [0.5, 0.6) is 0 Å². The van der Waals surface area contributed by atoms with E-state index < -0.39 is 17.5 Å². The molecule has 0 bridgehead atoms. The standard InChI is InChI=1S/C7H8O4/c8-6(9)5(7(10)11)3-4-1-2-4/h3-4H,1-2H2,(H,8,9)(H,10,11). The first-order valence-electron chi connectivity index (χ1n) is 3.29. The molecule has 0 aliphatic heterocycles. The van der Waals surface area contributed by atoms with E-state index >= 15 is 0 Å². The average molecular weight is 156 g/mol.